The molecule has 0 saturated carbocycles. The Morgan fingerprint density at radius 1 is 1.24 bits per heavy atom. The van der Waals surface area contributed by atoms with Crippen LogP contribution in [0.25, 0.3) is 11.1 Å². The highest BCUT2D eigenvalue weighted by Crippen LogP contribution is 2.39. The number of rotatable bonds is 3. The number of aromatic nitrogens is 2. The van der Waals surface area contributed by atoms with Crippen molar-refractivity contribution in [2.45, 2.75) is 31.3 Å². The van der Waals surface area contributed by atoms with Crippen LogP contribution in [0.15, 0.2) is 24.5 Å². The molecule has 2 aliphatic rings. The van der Waals surface area contributed by atoms with Crippen molar-refractivity contribution in [3.05, 3.63) is 24.5 Å². The van der Waals surface area contributed by atoms with Crippen molar-refractivity contribution in [1.29, 1.82) is 0 Å². The second-order valence-electron chi connectivity index (χ2n) is 5.79. The van der Waals surface area contributed by atoms with E-state index in [1.54, 1.807) is 12.4 Å². The summed E-state index contributed by atoms with van der Waals surface area (Å²) >= 11 is 1.47. The molecule has 21 heavy (non-hydrogen) atoms. The predicted molar refractivity (Wildman–Crippen MR) is 86.4 cm³/mol. The van der Waals surface area contributed by atoms with Gasteiger partial charge in [0.05, 0.1) is 5.56 Å². The third-order valence-electron chi connectivity index (χ3n) is 4.61. The third kappa shape index (κ3) is 2.28. The molecule has 3 N–H and O–H groups in total. The Kier molecular flexibility index (Phi) is 3.27. The van der Waals surface area contributed by atoms with Gasteiger partial charge >= 0.3 is 0 Å². The highest BCUT2D eigenvalue weighted by atomic mass is 32.1. The van der Waals surface area contributed by atoms with E-state index < -0.39 is 0 Å². The van der Waals surface area contributed by atoms with Gasteiger partial charge in [0, 0.05) is 31.0 Å². The maximum atomic E-state index is 6.08. The van der Waals surface area contributed by atoms with Crippen molar-refractivity contribution in [1.82, 2.24) is 14.3 Å². The number of nitrogen functional groups attached to an aromatic ring is 1. The zero-order valence-electron chi connectivity index (χ0n) is 11.8. The Bertz CT molecular complexity index is 626. The van der Waals surface area contributed by atoms with Gasteiger partial charge < -0.3 is 11.1 Å². The van der Waals surface area contributed by atoms with Crippen molar-refractivity contribution in [2.75, 3.05) is 24.1 Å². The average molecular weight is 301 g/mol. The summed E-state index contributed by atoms with van der Waals surface area (Å²) in [6.07, 6.45) is 7.43. The van der Waals surface area contributed by atoms with E-state index in [1.807, 2.05) is 12.1 Å². The van der Waals surface area contributed by atoms with Crippen LogP contribution in [-0.2, 0) is 0 Å². The van der Waals surface area contributed by atoms with Crippen LogP contribution < -0.4 is 11.1 Å². The van der Waals surface area contributed by atoms with Crippen LogP contribution in [0.5, 0.6) is 0 Å². The van der Waals surface area contributed by atoms with E-state index >= 15 is 0 Å². The van der Waals surface area contributed by atoms with Gasteiger partial charge in [-0.15, -0.1) is 0 Å². The minimum absolute atomic E-state index is 0.521. The highest BCUT2D eigenvalue weighted by Gasteiger charge is 2.37. The van der Waals surface area contributed by atoms with E-state index in [-0.39, 0.29) is 0 Å². The van der Waals surface area contributed by atoms with Gasteiger partial charge in [-0.3, -0.25) is 9.88 Å². The zero-order chi connectivity index (χ0) is 14.2. The Labute approximate surface area is 128 Å². The number of pyridine rings is 1. The molecule has 2 fully saturated rings. The molecule has 2 aromatic heterocycles. The van der Waals surface area contributed by atoms with Gasteiger partial charge in [0.25, 0.3) is 0 Å². The van der Waals surface area contributed by atoms with Crippen molar-refractivity contribution in [3.8, 4) is 11.1 Å². The van der Waals surface area contributed by atoms with E-state index in [4.69, 9.17) is 5.73 Å². The molecule has 2 atom stereocenters. The van der Waals surface area contributed by atoms with Crippen molar-refractivity contribution >= 4 is 22.4 Å². The summed E-state index contributed by atoms with van der Waals surface area (Å²) in [7, 11) is 0. The first-order chi connectivity index (χ1) is 10.3. The predicted octanol–water partition coefficient (Wildman–Crippen LogP) is 2.44. The molecular weight excluding hydrogens is 282 g/mol. The average Bonchev–Trinajstić information content (AvgIpc) is 3.18. The van der Waals surface area contributed by atoms with Gasteiger partial charge in [-0.25, -0.2) is 0 Å². The lowest BCUT2D eigenvalue weighted by molar-refractivity contribution is 0.318. The molecule has 4 heterocycles. The number of nitrogens with zero attached hydrogens (tertiary/aromatic N) is 3. The highest BCUT2D eigenvalue weighted by molar-refractivity contribution is 7.11. The van der Waals surface area contributed by atoms with Gasteiger partial charge in [-0.2, -0.15) is 4.37 Å². The smallest absolute Gasteiger partial charge is 0.147 e. The first-order valence-corrected chi connectivity index (χ1v) is 8.26. The summed E-state index contributed by atoms with van der Waals surface area (Å²) in [6, 6.07) is 5.18. The molecule has 5 nitrogen and oxygen atoms in total. The summed E-state index contributed by atoms with van der Waals surface area (Å²) in [5, 5.41) is 4.81. The van der Waals surface area contributed by atoms with E-state index in [0.717, 1.165) is 16.1 Å². The summed E-state index contributed by atoms with van der Waals surface area (Å²) in [5.74, 6) is 0.606. The van der Waals surface area contributed by atoms with Crippen LogP contribution in [0.4, 0.5) is 10.8 Å². The standard InChI is InChI=1S/C15H19N5S/c16-14-13(10-3-6-17-7-4-10)15(21-19-14)18-11-5-9-20-8-1-2-12(11)20/h3-4,6-7,11-12,18H,1-2,5,8-9H2,(H2,16,19). The fourth-order valence-electron chi connectivity index (χ4n) is 3.62. The maximum absolute atomic E-state index is 6.08. The first-order valence-electron chi connectivity index (χ1n) is 7.49. The fourth-order valence-corrected chi connectivity index (χ4v) is 4.42. The van der Waals surface area contributed by atoms with Crippen LogP contribution in [0, 0.1) is 0 Å². The molecule has 6 heteroatoms. The summed E-state index contributed by atoms with van der Waals surface area (Å²) < 4.78 is 4.34. The number of anilines is 2. The van der Waals surface area contributed by atoms with Crippen molar-refractivity contribution in [2.24, 2.45) is 0 Å². The molecule has 0 aromatic carbocycles. The molecular formula is C15H19N5S. The minimum Gasteiger partial charge on any atom is -0.382 e. The Morgan fingerprint density at radius 2 is 2.10 bits per heavy atom. The van der Waals surface area contributed by atoms with E-state index in [0.29, 0.717) is 17.9 Å². The maximum Gasteiger partial charge on any atom is 0.147 e. The molecule has 110 valence electrons. The molecule has 4 rings (SSSR count). The Morgan fingerprint density at radius 3 is 2.95 bits per heavy atom. The third-order valence-corrected chi connectivity index (χ3v) is 5.40. The second kappa shape index (κ2) is 5.27. The monoisotopic (exact) mass is 301 g/mol. The number of hydrogen-bond acceptors (Lipinski definition) is 6. The Balaban J connectivity index is 1.62. The zero-order valence-corrected chi connectivity index (χ0v) is 12.6. The van der Waals surface area contributed by atoms with Gasteiger partial charge in [0.1, 0.15) is 10.8 Å². The quantitative estimate of drug-likeness (QED) is 0.911. The molecule has 2 saturated heterocycles. The SMILES string of the molecule is Nc1nsc(NC2CCN3CCCC23)c1-c1ccncc1. The topological polar surface area (TPSA) is 67.1 Å². The normalized spacial score (nSPS) is 25.1. The van der Waals surface area contributed by atoms with Gasteiger partial charge in [-0.05, 0) is 55.0 Å². The number of nitrogens with two attached hydrogens (primary N) is 1. The van der Waals surface area contributed by atoms with Crippen LogP contribution in [0.2, 0.25) is 0 Å². The molecule has 0 aliphatic carbocycles. The van der Waals surface area contributed by atoms with Crippen LogP contribution in [0.3, 0.4) is 0 Å². The molecule has 2 unspecified atom stereocenters. The van der Waals surface area contributed by atoms with E-state index in [2.05, 4.69) is 19.6 Å². The minimum atomic E-state index is 0.521. The molecule has 2 aromatic rings. The molecule has 2 aliphatic heterocycles. The van der Waals surface area contributed by atoms with Crippen LogP contribution in [0.1, 0.15) is 19.3 Å². The largest absolute Gasteiger partial charge is 0.382 e. The lowest BCUT2D eigenvalue weighted by Gasteiger charge is -2.21. The summed E-state index contributed by atoms with van der Waals surface area (Å²) in [6.45, 7) is 2.46. The van der Waals surface area contributed by atoms with Gasteiger partial charge in [0.15, 0.2) is 0 Å². The van der Waals surface area contributed by atoms with Crippen molar-refractivity contribution < 1.29 is 0 Å². The second-order valence-corrected chi connectivity index (χ2v) is 6.57. The molecule has 0 amide bonds. The number of nitrogens with one attached hydrogen (secondary N) is 1. The van der Waals surface area contributed by atoms with Gasteiger partial charge in [0.2, 0.25) is 0 Å². The lowest BCUT2D eigenvalue weighted by atomic mass is 10.1. The Hall–Kier alpha value is -1.66. The summed E-state index contributed by atoms with van der Waals surface area (Å²) in [5.41, 5.74) is 8.19. The number of fused-ring (bicyclic) bond motifs is 1. The molecule has 0 radical (unpaired) electrons. The summed E-state index contributed by atoms with van der Waals surface area (Å²) in [4.78, 5) is 6.68. The molecule has 0 spiro atoms. The molecule has 0 bridgehead atoms. The van der Waals surface area contributed by atoms with Crippen LogP contribution >= 0.6 is 11.5 Å². The van der Waals surface area contributed by atoms with Gasteiger partial charge in [-0.1, -0.05) is 0 Å². The van der Waals surface area contributed by atoms with Crippen molar-refractivity contribution in [3.63, 3.8) is 0 Å². The fraction of sp³-hybridized carbons (Fsp3) is 0.467. The van der Waals surface area contributed by atoms with E-state index in [9.17, 15) is 0 Å². The van der Waals surface area contributed by atoms with E-state index in [1.165, 1.54) is 43.9 Å². The lowest BCUT2D eigenvalue weighted by Crippen LogP contribution is -2.33. The van der Waals surface area contributed by atoms with Crippen LogP contribution in [-0.4, -0.2) is 39.4 Å². The number of hydrogen-bond donors (Lipinski definition) is 2. The first kappa shape index (κ1) is 13.0.